The Labute approximate surface area is 96.0 Å². The van der Waals surface area contributed by atoms with Crippen molar-refractivity contribution >= 4 is 21.6 Å². The molecule has 0 spiro atoms. The van der Waals surface area contributed by atoms with Gasteiger partial charge in [0, 0.05) is 22.4 Å². The summed E-state index contributed by atoms with van der Waals surface area (Å²) < 4.78 is 6.45. The van der Waals surface area contributed by atoms with Crippen LogP contribution in [0.2, 0.25) is 0 Å². The van der Waals surface area contributed by atoms with Crippen LogP contribution < -0.4 is 10.5 Å². The van der Waals surface area contributed by atoms with Gasteiger partial charge in [-0.3, -0.25) is 4.98 Å². The zero-order chi connectivity index (χ0) is 10.7. The van der Waals surface area contributed by atoms with Gasteiger partial charge in [-0.15, -0.1) is 0 Å². The van der Waals surface area contributed by atoms with Gasteiger partial charge < -0.3 is 10.5 Å². The molecular formula is C11H9BrN2O. The molecule has 2 N–H and O–H groups in total. The van der Waals surface area contributed by atoms with Crippen LogP contribution in [0.3, 0.4) is 0 Å². The zero-order valence-electron chi connectivity index (χ0n) is 7.85. The van der Waals surface area contributed by atoms with Gasteiger partial charge in [0.1, 0.15) is 11.5 Å². The molecule has 0 unspecified atom stereocenters. The van der Waals surface area contributed by atoms with Crippen LogP contribution in [0.25, 0.3) is 0 Å². The van der Waals surface area contributed by atoms with Gasteiger partial charge in [0.2, 0.25) is 0 Å². The molecule has 0 fully saturated rings. The van der Waals surface area contributed by atoms with Crippen molar-refractivity contribution in [3.8, 4) is 11.5 Å². The predicted molar refractivity (Wildman–Crippen MR) is 62.9 cm³/mol. The largest absolute Gasteiger partial charge is 0.456 e. The first kappa shape index (κ1) is 9.98. The minimum Gasteiger partial charge on any atom is -0.456 e. The highest BCUT2D eigenvalue weighted by atomic mass is 79.9. The van der Waals surface area contributed by atoms with E-state index in [2.05, 4.69) is 20.9 Å². The van der Waals surface area contributed by atoms with Crippen molar-refractivity contribution in [2.75, 3.05) is 5.73 Å². The number of rotatable bonds is 2. The van der Waals surface area contributed by atoms with Crippen LogP contribution in [0.5, 0.6) is 11.5 Å². The molecule has 0 atom stereocenters. The highest BCUT2D eigenvalue weighted by Crippen LogP contribution is 2.24. The standard InChI is InChI=1S/C11H9BrN2O/c12-8-4-11(7-14-6-8)15-10-3-1-2-9(13)5-10/h1-7H,13H2. The Hall–Kier alpha value is -1.55. The van der Waals surface area contributed by atoms with Crippen molar-refractivity contribution in [3.63, 3.8) is 0 Å². The first-order chi connectivity index (χ1) is 7.24. The lowest BCUT2D eigenvalue weighted by atomic mass is 10.3. The normalized spacial score (nSPS) is 9.93. The topological polar surface area (TPSA) is 48.1 Å². The number of pyridine rings is 1. The summed E-state index contributed by atoms with van der Waals surface area (Å²) in [6.45, 7) is 0. The molecule has 15 heavy (non-hydrogen) atoms. The summed E-state index contributed by atoms with van der Waals surface area (Å²) in [6.07, 6.45) is 3.35. The molecule has 1 aromatic heterocycles. The second-order valence-corrected chi connectivity index (χ2v) is 3.93. The average molecular weight is 265 g/mol. The third-order valence-electron chi connectivity index (χ3n) is 1.77. The molecule has 0 aliphatic carbocycles. The first-order valence-corrected chi connectivity index (χ1v) is 5.17. The summed E-state index contributed by atoms with van der Waals surface area (Å²) in [4.78, 5) is 4.00. The van der Waals surface area contributed by atoms with E-state index in [1.54, 1.807) is 18.5 Å². The Morgan fingerprint density at radius 2 is 2.00 bits per heavy atom. The number of nitrogens with zero attached hydrogens (tertiary/aromatic N) is 1. The molecule has 2 aromatic rings. The number of nitrogens with two attached hydrogens (primary N) is 1. The molecule has 0 bridgehead atoms. The number of hydrogen-bond donors (Lipinski definition) is 1. The van der Waals surface area contributed by atoms with Gasteiger partial charge in [0.05, 0.1) is 6.20 Å². The van der Waals surface area contributed by atoms with Gasteiger partial charge in [0.25, 0.3) is 0 Å². The predicted octanol–water partition coefficient (Wildman–Crippen LogP) is 3.22. The zero-order valence-corrected chi connectivity index (χ0v) is 9.44. The monoisotopic (exact) mass is 264 g/mol. The molecule has 0 saturated carbocycles. The second-order valence-electron chi connectivity index (χ2n) is 3.01. The summed E-state index contributed by atoms with van der Waals surface area (Å²) in [7, 11) is 0. The number of aromatic nitrogens is 1. The summed E-state index contributed by atoms with van der Waals surface area (Å²) in [5, 5.41) is 0. The quantitative estimate of drug-likeness (QED) is 0.848. The summed E-state index contributed by atoms with van der Waals surface area (Å²) in [5.41, 5.74) is 6.31. The molecule has 1 aromatic carbocycles. The maximum Gasteiger partial charge on any atom is 0.146 e. The molecule has 3 nitrogen and oxygen atoms in total. The molecule has 0 aliphatic heterocycles. The lowest BCUT2D eigenvalue weighted by Crippen LogP contribution is -1.88. The second kappa shape index (κ2) is 4.31. The third-order valence-corrected chi connectivity index (χ3v) is 2.21. The maximum absolute atomic E-state index is 5.64. The SMILES string of the molecule is Nc1cccc(Oc2cncc(Br)c2)c1. The van der Waals surface area contributed by atoms with E-state index in [0.29, 0.717) is 17.2 Å². The van der Waals surface area contributed by atoms with Crippen molar-refractivity contribution in [2.24, 2.45) is 0 Å². The Bertz CT molecular complexity index is 430. The Balaban J connectivity index is 2.22. The summed E-state index contributed by atoms with van der Waals surface area (Å²) in [5.74, 6) is 1.38. The lowest BCUT2D eigenvalue weighted by molar-refractivity contribution is 0.480. The van der Waals surface area contributed by atoms with E-state index in [0.717, 1.165) is 4.47 Å². The number of nitrogen functional groups attached to an aromatic ring is 1. The lowest BCUT2D eigenvalue weighted by Gasteiger charge is -2.05. The number of anilines is 1. The van der Waals surface area contributed by atoms with Gasteiger partial charge in [-0.2, -0.15) is 0 Å². The molecule has 1 heterocycles. The van der Waals surface area contributed by atoms with Gasteiger partial charge in [-0.1, -0.05) is 6.07 Å². The van der Waals surface area contributed by atoms with E-state index in [-0.39, 0.29) is 0 Å². The van der Waals surface area contributed by atoms with Crippen LogP contribution in [0.4, 0.5) is 5.69 Å². The van der Waals surface area contributed by atoms with Gasteiger partial charge in [-0.25, -0.2) is 0 Å². The van der Waals surface area contributed by atoms with Crippen molar-refractivity contribution in [1.29, 1.82) is 0 Å². The Morgan fingerprint density at radius 3 is 2.73 bits per heavy atom. The number of hydrogen-bond acceptors (Lipinski definition) is 3. The molecular weight excluding hydrogens is 256 g/mol. The van der Waals surface area contributed by atoms with Crippen molar-refractivity contribution in [2.45, 2.75) is 0 Å². The summed E-state index contributed by atoms with van der Waals surface area (Å²) in [6, 6.07) is 9.11. The van der Waals surface area contributed by atoms with Gasteiger partial charge in [0.15, 0.2) is 0 Å². The van der Waals surface area contributed by atoms with Crippen molar-refractivity contribution < 1.29 is 4.74 Å². The van der Waals surface area contributed by atoms with E-state index < -0.39 is 0 Å². The van der Waals surface area contributed by atoms with Crippen LogP contribution in [-0.2, 0) is 0 Å². The molecule has 76 valence electrons. The highest BCUT2D eigenvalue weighted by Gasteiger charge is 1.98. The van der Waals surface area contributed by atoms with E-state index in [1.807, 2.05) is 24.3 Å². The molecule has 0 saturated heterocycles. The van der Waals surface area contributed by atoms with Crippen LogP contribution in [0.1, 0.15) is 0 Å². The smallest absolute Gasteiger partial charge is 0.146 e. The minimum atomic E-state index is 0.676. The van der Waals surface area contributed by atoms with E-state index in [1.165, 1.54) is 0 Å². The molecule has 0 radical (unpaired) electrons. The summed E-state index contributed by atoms with van der Waals surface area (Å²) >= 11 is 3.32. The van der Waals surface area contributed by atoms with Gasteiger partial charge in [-0.05, 0) is 34.1 Å². The Kier molecular flexibility index (Phi) is 2.87. The van der Waals surface area contributed by atoms with E-state index >= 15 is 0 Å². The first-order valence-electron chi connectivity index (χ1n) is 4.38. The fourth-order valence-electron chi connectivity index (χ4n) is 1.16. The van der Waals surface area contributed by atoms with Crippen LogP contribution in [0, 0.1) is 0 Å². The van der Waals surface area contributed by atoms with E-state index in [9.17, 15) is 0 Å². The van der Waals surface area contributed by atoms with Crippen LogP contribution >= 0.6 is 15.9 Å². The number of benzene rings is 1. The molecule has 0 amide bonds. The number of halogens is 1. The van der Waals surface area contributed by atoms with Crippen molar-refractivity contribution in [1.82, 2.24) is 4.98 Å². The fraction of sp³-hybridized carbons (Fsp3) is 0. The minimum absolute atomic E-state index is 0.676. The molecule has 4 heteroatoms. The third kappa shape index (κ3) is 2.70. The fourth-order valence-corrected chi connectivity index (χ4v) is 1.51. The highest BCUT2D eigenvalue weighted by molar-refractivity contribution is 9.10. The van der Waals surface area contributed by atoms with E-state index in [4.69, 9.17) is 10.5 Å². The number of ether oxygens (including phenoxy) is 1. The molecule has 2 rings (SSSR count). The van der Waals surface area contributed by atoms with Crippen molar-refractivity contribution in [3.05, 3.63) is 47.2 Å². The maximum atomic E-state index is 5.64. The Morgan fingerprint density at radius 1 is 1.13 bits per heavy atom. The molecule has 0 aliphatic rings. The average Bonchev–Trinajstić information content (AvgIpc) is 2.17. The van der Waals surface area contributed by atoms with Crippen LogP contribution in [0.15, 0.2) is 47.2 Å². The van der Waals surface area contributed by atoms with Gasteiger partial charge >= 0.3 is 0 Å². The van der Waals surface area contributed by atoms with Crippen LogP contribution in [-0.4, -0.2) is 4.98 Å².